The minimum atomic E-state index is 0.108. The lowest BCUT2D eigenvalue weighted by Crippen LogP contribution is -2.44. The SMILES string of the molecule is CC(C)N(C(=O)CC1(CN)CCCCC1)C1CC1. The summed E-state index contributed by atoms with van der Waals surface area (Å²) in [5, 5.41) is 0. The van der Waals surface area contributed by atoms with E-state index < -0.39 is 0 Å². The summed E-state index contributed by atoms with van der Waals surface area (Å²) < 4.78 is 0. The van der Waals surface area contributed by atoms with E-state index in [1.54, 1.807) is 0 Å². The maximum Gasteiger partial charge on any atom is 0.223 e. The first kappa shape index (κ1) is 13.9. The number of carbonyl (C=O) groups is 1. The zero-order valence-corrected chi connectivity index (χ0v) is 12.0. The molecule has 2 aliphatic rings. The summed E-state index contributed by atoms with van der Waals surface area (Å²) in [4.78, 5) is 14.7. The fourth-order valence-electron chi connectivity index (χ4n) is 3.43. The minimum Gasteiger partial charge on any atom is -0.337 e. The van der Waals surface area contributed by atoms with Crippen LogP contribution in [0.25, 0.3) is 0 Å². The van der Waals surface area contributed by atoms with Crippen LogP contribution < -0.4 is 5.73 Å². The molecule has 0 aromatic carbocycles. The van der Waals surface area contributed by atoms with Gasteiger partial charge in [-0.1, -0.05) is 19.3 Å². The molecule has 3 heteroatoms. The van der Waals surface area contributed by atoms with Crippen LogP contribution in [-0.2, 0) is 4.79 Å². The number of nitrogens with zero attached hydrogens (tertiary/aromatic N) is 1. The molecule has 0 heterocycles. The van der Waals surface area contributed by atoms with Crippen molar-refractivity contribution in [2.24, 2.45) is 11.1 Å². The van der Waals surface area contributed by atoms with Crippen molar-refractivity contribution in [2.75, 3.05) is 6.54 Å². The minimum absolute atomic E-state index is 0.108. The van der Waals surface area contributed by atoms with E-state index in [0.29, 0.717) is 31.0 Å². The van der Waals surface area contributed by atoms with Gasteiger partial charge in [0.1, 0.15) is 0 Å². The molecule has 0 bridgehead atoms. The second kappa shape index (κ2) is 5.60. The summed E-state index contributed by atoms with van der Waals surface area (Å²) in [5.74, 6) is 0.347. The predicted molar refractivity (Wildman–Crippen MR) is 74.2 cm³/mol. The smallest absolute Gasteiger partial charge is 0.223 e. The van der Waals surface area contributed by atoms with E-state index in [0.717, 1.165) is 12.8 Å². The Kier molecular flexibility index (Phi) is 4.31. The molecule has 2 rings (SSSR count). The molecule has 2 fully saturated rings. The van der Waals surface area contributed by atoms with E-state index in [1.807, 2.05) is 0 Å². The molecule has 1 amide bonds. The Morgan fingerprint density at radius 3 is 2.33 bits per heavy atom. The quantitative estimate of drug-likeness (QED) is 0.817. The van der Waals surface area contributed by atoms with Gasteiger partial charge in [-0.3, -0.25) is 4.79 Å². The monoisotopic (exact) mass is 252 g/mol. The van der Waals surface area contributed by atoms with Crippen LogP contribution >= 0.6 is 0 Å². The van der Waals surface area contributed by atoms with E-state index in [4.69, 9.17) is 5.73 Å². The van der Waals surface area contributed by atoms with Crippen LogP contribution in [0.1, 0.15) is 65.2 Å². The average Bonchev–Trinajstić information content (AvgIpc) is 3.14. The first-order valence-corrected chi connectivity index (χ1v) is 7.59. The van der Waals surface area contributed by atoms with Crippen LogP contribution in [0.4, 0.5) is 0 Å². The third-order valence-corrected chi connectivity index (χ3v) is 4.66. The van der Waals surface area contributed by atoms with Gasteiger partial charge in [0.25, 0.3) is 0 Å². The highest BCUT2D eigenvalue weighted by Gasteiger charge is 2.39. The lowest BCUT2D eigenvalue weighted by atomic mass is 9.71. The molecule has 0 unspecified atom stereocenters. The fourth-order valence-corrected chi connectivity index (χ4v) is 3.43. The van der Waals surface area contributed by atoms with Gasteiger partial charge >= 0.3 is 0 Å². The average molecular weight is 252 g/mol. The maximum atomic E-state index is 12.6. The second-order valence-electron chi connectivity index (χ2n) is 6.57. The summed E-state index contributed by atoms with van der Waals surface area (Å²) in [6.07, 6.45) is 9.16. The summed E-state index contributed by atoms with van der Waals surface area (Å²) in [6.45, 7) is 4.94. The zero-order valence-electron chi connectivity index (χ0n) is 12.0. The molecule has 3 nitrogen and oxygen atoms in total. The number of hydrogen-bond donors (Lipinski definition) is 1. The van der Waals surface area contributed by atoms with Crippen LogP contribution in [0.2, 0.25) is 0 Å². The van der Waals surface area contributed by atoms with Gasteiger partial charge in [-0.25, -0.2) is 0 Å². The van der Waals surface area contributed by atoms with Crippen molar-refractivity contribution in [1.29, 1.82) is 0 Å². The van der Waals surface area contributed by atoms with Gasteiger partial charge in [0.05, 0.1) is 0 Å². The van der Waals surface area contributed by atoms with Crippen LogP contribution in [0.5, 0.6) is 0 Å². The van der Waals surface area contributed by atoms with Gasteiger partial charge in [0, 0.05) is 18.5 Å². The molecule has 0 atom stereocenters. The summed E-state index contributed by atoms with van der Waals surface area (Å²) in [6, 6.07) is 0.860. The molecule has 2 aliphatic carbocycles. The van der Waals surface area contributed by atoms with E-state index in [1.165, 1.54) is 32.1 Å². The van der Waals surface area contributed by atoms with Gasteiger partial charge < -0.3 is 10.6 Å². The molecule has 18 heavy (non-hydrogen) atoms. The molecule has 0 saturated heterocycles. The standard InChI is InChI=1S/C15H28N2O/c1-12(2)17(13-6-7-13)14(18)10-15(11-16)8-4-3-5-9-15/h12-13H,3-11,16H2,1-2H3. The van der Waals surface area contributed by atoms with Crippen molar-refractivity contribution in [1.82, 2.24) is 4.90 Å². The highest BCUT2D eigenvalue weighted by molar-refractivity contribution is 5.78. The molecule has 0 radical (unpaired) electrons. The summed E-state index contributed by atoms with van der Waals surface area (Å²) in [5.41, 5.74) is 6.09. The van der Waals surface area contributed by atoms with E-state index >= 15 is 0 Å². The van der Waals surface area contributed by atoms with Crippen LogP contribution in [0.15, 0.2) is 0 Å². The van der Waals surface area contributed by atoms with Gasteiger partial charge in [0.2, 0.25) is 5.91 Å². The molecule has 0 aromatic heterocycles. The number of hydrogen-bond acceptors (Lipinski definition) is 2. The number of rotatable bonds is 5. The van der Waals surface area contributed by atoms with Crippen molar-refractivity contribution in [2.45, 2.75) is 77.3 Å². The number of amides is 1. The Morgan fingerprint density at radius 2 is 1.89 bits per heavy atom. The topological polar surface area (TPSA) is 46.3 Å². The van der Waals surface area contributed by atoms with Crippen LogP contribution in [0.3, 0.4) is 0 Å². The molecule has 2 N–H and O–H groups in total. The molecule has 2 saturated carbocycles. The summed E-state index contributed by atoms with van der Waals surface area (Å²) in [7, 11) is 0. The third kappa shape index (κ3) is 3.05. The van der Waals surface area contributed by atoms with Crippen molar-refractivity contribution in [3.8, 4) is 0 Å². The van der Waals surface area contributed by atoms with Crippen LogP contribution in [0, 0.1) is 5.41 Å². The molecular weight excluding hydrogens is 224 g/mol. The molecule has 0 aliphatic heterocycles. The Labute approximate surface area is 111 Å². The Morgan fingerprint density at radius 1 is 1.28 bits per heavy atom. The second-order valence-corrected chi connectivity index (χ2v) is 6.57. The number of nitrogens with two attached hydrogens (primary N) is 1. The van der Waals surface area contributed by atoms with E-state index in [-0.39, 0.29) is 5.41 Å². The van der Waals surface area contributed by atoms with Gasteiger partial charge in [-0.2, -0.15) is 0 Å². The normalized spacial score (nSPS) is 23.1. The highest BCUT2D eigenvalue weighted by Crippen LogP contribution is 2.40. The predicted octanol–water partition coefficient (Wildman–Crippen LogP) is 2.69. The number of carbonyl (C=O) groups excluding carboxylic acids is 1. The van der Waals surface area contributed by atoms with E-state index in [9.17, 15) is 4.79 Å². The van der Waals surface area contributed by atoms with Crippen molar-refractivity contribution in [3.05, 3.63) is 0 Å². The van der Waals surface area contributed by atoms with E-state index in [2.05, 4.69) is 18.7 Å². The van der Waals surface area contributed by atoms with Gasteiger partial charge in [-0.15, -0.1) is 0 Å². The first-order valence-electron chi connectivity index (χ1n) is 7.59. The van der Waals surface area contributed by atoms with Crippen molar-refractivity contribution < 1.29 is 4.79 Å². The largest absolute Gasteiger partial charge is 0.337 e. The maximum absolute atomic E-state index is 12.6. The lowest BCUT2D eigenvalue weighted by Gasteiger charge is -2.38. The van der Waals surface area contributed by atoms with Gasteiger partial charge in [0.15, 0.2) is 0 Å². The molecule has 0 spiro atoms. The molecule has 0 aromatic rings. The molecule has 104 valence electrons. The Balaban J connectivity index is 1.99. The Bertz CT molecular complexity index is 289. The first-order chi connectivity index (χ1) is 8.58. The third-order valence-electron chi connectivity index (χ3n) is 4.66. The summed E-state index contributed by atoms with van der Waals surface area (Å²) >= 11 is 0. The van der Waals surface area contributed by atoms with Gasteiger partial charge in [-0.05, 0) is 51.5 Å². The Hall–Kier alpha value is -0.570. The zero-order chi connectivity index (χ0) is 13.2. The highest BCUT2D eigenvalue weighted by atomic mass is 16.2. The fraction of sp³-hybridized carbons (Fsp3) is 0.933. The molecular formula is C15H28N2O. The van der Waals surface area contributed by atoms with Crippen LogP contribution in [-0.4, -0.2) is 29.4 Å². The van der Waals surface area contributed by atoms with Crippen molar-refractivity contribution in [3.63, 3.8) is 0 Å². The lowest BCUT2D eigenvalue weighted by molar-refractivity contribution is -0.136. The van der Waals surface area contributed by atoms with Crippen molar-refractivity contribution >= 4 is 5.91 Å².